The van der Waals surface area contributed by atoms with Crippen molar-refractivity contribution >= 4 is 27.5 Å². The number of nitrogens with zero attached hydrogens (tertiary/aromatic N) is 2. The van der Waals surface area contributed by atoms with Crippen LogP contribution in [0, 0.1) is 25.2 Å². The lowest BCUT2D eigenvalue weighted by atomic mass is 10.1. The van der Waals surface area contributed by atoms with Crippen LogP contribution in [-0.4, -0.2) is 10.5 Å². The Morgan fingerprint density at radius 2 is 2.05 bits per heavy atom. The topological polar surface area (TPSA) is 74.9 Å². The van der Waals surface area contributed by atoms with Crippen LogP contribution >= 0.6 is 15.9 Å². The van der Waals surface area contributed by atoms with E-state index < -0.39 is 5.56 Å². The van der Waals surface area contributed by atoms with E-state index in [-0.39, 0.29) is 18.0 Å². The highest BCUT2D eigenvalue weighted by molar-refractivity contribution is 9.10. The van der Waals surface area contributed by atoms with Gasteiger partial charge in [-0.2, -0.15) is 5.26 Å². The molecule has 0 spiro atoms. The molecule has 0 aliphatic carbocycles. The summed E-state index contributed by atoms with van der Waals surface area (Å²) in [6.07, 6.45) is 0. The minimum absolute atomic E-state index is 0.0688. The Kier molecular flexibility index (Phi) is 4.78. The summed E-state index contributed by atoms with van der Waals surface area (Å²) in [4.78, 5) is 24.4. The molecule has 0 atom stereocenters. The summed E-state index contributed by atoms with van der Waals surface area (Å²) in [5.41, 5.74) is 1.52. The predicted octanol–water partition coefficient (Wildman–Crippen LogP) is 2.74. The highest BCUT2D eigenvalue weighted by Crippen LogP contribution is 2.21. The van der Waals surface area contributed by atoms with Crippen LogP contribution in [0.25, 0.3) is 0 Å². The Balaban J connectivity index is 2.29. The SMILES string of the molecule is Cc1cc(C)n(CC(=O)Nc2ccccc2Br)c(=O)c1C#N. The fourth-order valence-corrected chi connectivity index (χ4v) is 2.54. The second kappa shape index (κ2) is 6.58. The second-order valence-electron chi connectivity index (χ2n) is 4.87. The van der Waals surface area contributed by atoms with Crippen molar-refractivity contribution in [3.05, 3.63) is 62.0 Å². The van der Waals surface area contributed by atoms with Crippen molar-refractivity contribution in [1.82, 2.24) is 4.57 Å². The molecule has 2 aromatic rings. The first kappa shape index (κ1) is 16.0. The number of hydrogen-bond acceptors (Lipinski definition) is 3. The van der Waals surface area contributed by atoms with E-state index in [0.29, 0.717) is 16.9 Å². The number of pyridine rings is 1. The van der Waals surface area contributed by atoms with Gasteiger partial charge in [0.15, 0.2) is 0 Å². The van der Waals surface area contributed by atoms with Crippen LogP contribution in [-0.2, 0) is 11.3 Å². The van der Waals surface area contributed by atoms with Crippen molar-refractivity contribution in [3.8, 4) is 6.07 Å². The van der Waals surface area contributed by atoms with Gasteiger partial charge in [0.05, 0.1) is 5.69 Å². The first-order valence-electron chi connectivity index (χ1n) is 6.59. The fraction of sp³-hybridized carbons (Fsp3) is 0.188. The average Bonchev–Trinajstić information content (AvgIpc) is 2.46. The molecular weight excluding hydrogens is 346 g/mol. The van der Waals surface area contributed by atoms with Gasteiger partial charge in [-0.05, 0) is 53.5 Å². The van der Waals surface area contributed by atoms with Gasteiger partial charge in [-0.25, -0.2) is 0 Å². The zero-order valence-electron chi connectivity index (χ0n) is 12.2. The number of nitriles is 1. The number of carbonyl (C=O) groups excluding carboxylic acids is 1. The number of carbonyl (C=O) groups is 1. The molecule has 0 saturated heterocycles. The number of aromatic nitrogens is 1. The molecule has 6 heteroatoms. The number of benzene rings is 1. The van der Waals surface area contributed by atoms with Gasteiger partial charge in [-0.1, -0.05) is 12.1 Å². The third kappa shape index (κ3) is 3.26. The van der Waals surface area contributed by atoms with E-state index >= 15 is 0 Å². The first-order chi connectivity index (χ1) is 10.4. The number of anilines is 1. The molecule has 1 heterocycles. The molecular formula is C16H14BrN3O2. The average molecular weight is 360 g/mol. The highest BCUT2D eigenvalue weighted by Gasteiger charge is 2.13. The molecule has 0 aliphatic heterocycles. The van der Waals surface area contributed by atoms with E-state index in [1.807, 2.05) is 18.2 Å². The minimum atomic E-state index is -0.442. The van der Waals surface area contributed by atoms with Crippen LogP contribution in [0.3, 0.4) is 0 Å². The van der Waals surface area contributed by atoms with Crippen LogP contribution in [0.1, 0.15) is 16.8 Å². The molecule has 1 aromatic carbocycles. The smallest absolute Gasteiger partial charge is 0.269 e. The standard InChI is InChI=1S/C16H14BrN3O2/c1-10-7-11(2)20(16(22)12(10)8-18)9-15(21)19-14-6-4-3-5-13(14)17/h3-7H,9H2,1-2H3,(H,19,21). The maximum atomic E-state index is 12.2. The maximum absolute atomic E-state index is 12.2. The van der Waals surface area contributed by atoms with Gasteiger partial charge in [0.25, 0.3) is 5.56 Å². The van der Waals surface area contributed by atoms with Crippen LogP contribution in [0.15, 0.2) is 39.6 Å². The van der Waals surface area contributed by atoms with Crippen molar-refractivity contribution in [2.24, 2.45) is 0 Å². The third-order valence-electron chi connectivity index (χ3n) is 3.27. The second-order valence-corrected chi connectivity index (χ2v) is 5.73. The van der Waals surface area contributed by atoms with E-state index in [2.05, 4.69) is 21.2 Å². The van der Waals surface area contributed by atoms with Crippen molar-refractivity contribution in [2.75, 3.05) is 5.32 Å². The summed E-state index contributed by atoms with van der Waals surface area (Å²) in [7, 11) is 0. The van der Waals surface area contributed by atoms with E-state index in [9.17, 15) is 9.59 Å². The number of para-hydroxylation sites is 1. The number of amides is 1. The Morgan fingerprint density at radius 3 is 2.68 bits per heavy atom. The van der Waals surface area contributed by atoms with Crippen LogP contribution in [0.5, 0.6) is 0 Å². The van der Waals surface area contributed by atoms with Crippen LogP contribution < -0.4 is 10.9 Å². The molecule has 1 amide bonds. The molecule has 22 heavy (non-hydrogen) atoms. The molecule has 0 saturated carbocycles. The predicted molar refractivity (Wildman–Crippen MR) is 87.7 cm³/mol. The van der Waals surface area contributed by atoms with E-state index in [1.165, 1.54) is 4.57 Å². The van der Waals surface area contributed by atoms with Gasteiger partial charge < -0.3 is 9.88 Å². The lowest BCUT2D eigenvalue weighted by molar-refractivity contribution is -0.116. The van der Waals surface area contributed by atoms with Crippen molar-refractivity contribution in [1.29, 1.82) is 5.26 Å². The summed E-state index contributed by atoms with van der Waals surface area (Å²) in [5.74, 6) is -0.329. The number of nitrogens with one attached hydrogen (secondary N) is 1. The minimum Gasteiger partial charge on any atom is -0.324 e. The third-order valence-corrected chi connectivity index (χ3v) is 3.96. The quantitative estimate of drug-likeness (QED) is 0.915. The summed E-state index contributed by atoms with van der Waals surface area (Å²) in [6.45, 7) is 3.31. The largest absolute Gasteiger partial charge is 0.324 e. The van der Waals surface area contributed by atoms with Gasteiger partial charge in [0.1, 0.15) is 18.2 Å². The van der Waals surface area contributed by atoms with Crippen LogP contribution in [0.4, 0.5) is 5.69 Å². The Morgan fingerprint density at radius 1 is 1.36 bits per heavy atom. The van der Waals surface area contributed by atoms with Crippen LogP contribution in [0.2, 0.25) is 0 Å². The monoisotopic (exact) mass is 359 g/mol. The van der Waals surface area contributed by atoms with Gasteiger partial charge in [0.2, 0.25) is 5.91 Å². The summed E-state index contributed by atoms with van der Waals surface area (Å²) in [6, 6.07) is 10.8. The number of halogens is 1. The molecule has 0 aliphatic rings. The molecule has 0 radical (unpaired) electrons. The Hall–Kier alpha value is -2.39. The van der Waals surface area contributed by atoms with E-state index in [0.717, 1.165) is 4.47 Å². The normalized spacial score (nSPS) is 10.1. The fourth-order valence-electron chi connectivity index (χ4n) is 2.16. The highest BCUT2D eigenvalue weighted by atomic mass is 79.9. The zero-order chi connectivity index (χ0) is 16.3. The summed E-state index contributed by atoms with van der Waals surface area (Å²) < 4.78 is 2.06. The number of hydrogen-bond donors (Lipinski definition) is 1. The zero-order valence-corrected chi connectivity index (χ0v) is 13.8. The Labute approximate surface area is 136 Å². The van der Waals surface area contributed by atoms with Crippen molar-refractivity contribution < 1.29 is 4.79 Å². The molecule has 112 valence electrons. The molecule has 5 nitrogen and oxygen atoms in total. The molecule has 0 unspecified atom stereocenters. The lowest BCUT2D eigenvalue weighted by Gasteiger charge is -2.12. The molecule has 0 fully saturated rings. The maximum Gasteiger partial charge on any atom is 0.269 e. The van der Waals surface area contributed by atoms with Gasteiger partial charge in [-0.3, -0.25) is 9.59 Å². The van der Waals surface area contributed by atoms with E-state index in [1.54, 1.807) is 32.0 Å². The lowest BCUT2D eigenvalue weighted by Crippen LogP contribution is -2.31. The van der Waals surface area contributed by atoms with Gasteiger partial charge >= 0.3 is 0 Å². The summed E-state index contributed by atoms with van der Waals surface area (Å²) in [5, 5.41) is 11.8. The molecule has 0 bridgehead atoms. The molecule has 1 N–H and O–H groups in total. The molecule has 2 rings (SSSR count). The van der Waals surface area contributed by atoms with Crippen molar-refractivity contribution in [3.63, 3.8) is 0 Å². The van der Waals surface area contributed by atoms with E-state index in [4.69, 9.17) is 5.26 Å². The Bertz CT molecular complexity index is 834. The van der Waals surface area contributed by atoms with Crippen molar-refractivity contribution in [2.45, 2.75) is 20.4 Å². The number of rotatable bonds is 3. The number of aryl methyl sites for hydroxylation is 2. The van der Waals surface area contributed by atoms with Gasteiger partial charge in [-0.15, -0.1) is 0 Å². The summed E-state index contributed by atoms with van der Waals surface area (Å²) >= 11 is 3.35. The van der Waals surface area contributed by atoms with Gasteiger partial charge in [0, 0.05) is 10.2 Å². The molecule has 1 aromatic heterocycles. The first-order valence-corrected chi connectivity index (χ1v) is 7.39.